The molecule has 0 atom stereocenters. The average molecular weight is 570 g/mol. The summed E-state index contributed by atoms with van der Waals surface area (Å²) in [5, 5.41) is 10.1. The van der Waals surface area contributed by atoms with Gasteiger partial charge in [0.1, 0.15) is 0 Å². The first kappa shape index (κ1) is 29.9. The van der Waals surface area contributed by atoms with Crippen LogP contribution in [0.2, 0.25) is 0 Å². The Morgan fingerprint density at radius 3 is 2.26 bits per heavy atom. The second kappa shape index (κ2) is 12.1. The number of carboxylic acids is 1. The Morgan fingerprint density at radius 1 is 1.10 bits per heavy atom. The van der Waals surface area contributed by atoms with Crippen molar-refractivity contribution in [1.29, 1.82) is 0 Å². The maximum absolute atomic E-state index is 12.8. The number of halogens is 3. The highest BCUT2D eigenvalue weighted by Gasteiger charge is 2.51. The molecule has 0 unspecified atom stereocenters. The Bertz CT molecular complexity index is 1310. The highest BCUT2D eigenvalue weighted by Crippen LogP contribution is 2.48. The van der Waals surface area contributed by atoms with Gasteiger partial charge >= 0.3 is 12.1 Å². The van der Waals surface area contributed by atoms with Gasteiger partial charge in [-0.3, -0.25) is 14.3 Å². The Kier molecular flexibility index (Phi) is 9.26. The number of aryl methyl sites for hydroxylation is 1. The van der Waals surface area contributed by atoms with Crippen LogP contribution in [0.25, 0.3) is 0 Å². The number of benzene rings is 2. The summed E-state index contributed by atoms with van der Waals surface area (Å²) < 4.78 is 59.6. The molecule has 3 N–H and O–H groups in total. The lowest BCUT2D eigenvalue weighted by Crippen LogP contribution is -2.36. The molecule has 0 spiro atoms. The molecule has 2 amide bonds. The van der Waals surface area contributed by atoms with E-state index in [9.17, 15) is 31.2 Å². The number of aliphatic carboxylic acids is 1. The Balaban J connectivity index is 0.000000532. The van der Waals surface area contributed by atoms with Gasteiger partial charge in [-0.2, -0.15) is 13.2 Å². The molecule has 1 aliphatic heterocycles. The first-order chi connectivity index (χ1) is 18.2. The van der Waals surface area contributed by atoms with Gasteiger partial charge in [0.2, 0.25) is 11.8 Å². The molecule has 212 valence electrons. The molecule has 1 heterocycles. The Labute approximate surface area is 224 Å². The minimum atomic E-state index is -5.08. The second-order valence-electron chi connectivity index (χ2n) is 9.48. The van der Waals surface area contributed by atoms with Crippen LogP contribution in [-0.2, 0) is 29.8 Å². The van der Waals surface area contributed by atoms with Crippen molar-refractivity contribution in [2.24, 2.45) is 0 Å². The number of carbonyl (C=O) groups excluding carboxylic acids is 2. The third-order valence-corrected chi connectivity index (χ3v) is 7.86. The largest absolute Gasteiger partial charge is 0.490 e. The van der Waals surface area contributed by atoms with E-state index in [1.165, 1.54) is 0 Å². The Morgan fingerprint density at radius 2 is 1.74 bits per heavy atom. The van der Waals surface area contributed by atoms with E-state index in [1.807, 2.05) is 30.0 Å². The van der Waals surface area contributed by atoms with Crippen molar-refractivity contribution in [3.05, 3.63) is 59.7 Å². The van der Waals surface area contributed by atoms with Crippen molar-refractivity contribution in [1.82, 2.24) is 10.2 Å². The van der Waals surface area contributed by atoms with Crippen molar-refractivity contribution in [2.45, 2.75) is 55.5 Å². The van der Waals surface area contributed by atoms with Crippen molar-refractivity contribution >= 4 is 33.5 Å². The molecule has 39 heavy (non-hydrogen) atoms. The van der Waals surface area contributed by atoms with Crippen LogP contribution in [0.1, 0.15) is 43.2 Å². The summed E-state index contributed by atoms with van der Waals surface area (Å²) in [4.78, 5) is 35.4. The number of anilines is 1. The van der Waals surface area contributed by atoms with E-state index in [2.05, 4.69) is 10.0 Å². The van der Waals surface area contributed by atoms with Gasteiger partial charge in [-0.1, -0.05) is 24.3 Å². The van der Waals surface area contributed by atoms with Gasteiger partial charge in [0, 0.05) is 31.7 Å². The smallest absolute Gasteiger partial charge is 0.475 e. The quantitative estimate of drug-likeness (QED) is 0.396. The van der Waals surface area contributed by atoms with E-state index in [-0.39, 0.29) is 16.7 Å². The van der Waals surface area contributed by atoms with Crippen LogP contribution in [0.15, 0.2) is 53.4 Å². The maximum atomic E-state index is 12.8. The number of nitrogens with one attached hydrogen (secondary N) is 2. The second-order valence-corrected chi connectivity index (χ2v) is 11.2. The zero-order valence-corrected chi connectivity index (χ0v) is 22.1. The summed E-state index contributed by atoms with van der Waals surface area (Å²) in [5.74, 6) is -2.56. The number of rotatable bonds is 9. The van der Waals surface area contributed by atoms with Crippen LogP contribution < -0.4 is 10.0 Å². The Hall–Kier alpha value is -3.61. The summed E-state index contributed by atoms with van der Waals surface area (Å²) in [6.07, 6.45) is -1.24. The fraction of sp³-hybridized carbons (Fsp3) is 0.423. The zero-order valence-electron chi connectivity index (χ0n) is 21.3. The fourth-order valence-electron chi connectivity index (χ4n) is 4.21. The molecule has 2 aromatic carbocycles. The molecule has 0 aromatic heterocycles. The average Bonchev–Trinajstić information content (AvgIpc) is 3.58. The molecule has 1 aliphatic carbocycles. The molecule has 9 nitrogen and oxygen atoms in total. The predicted octanol–water partition coefficient (Wildman–Crippen LogP) is 3.59. The van der Waals surface area contributed by atoms with Crippen LogP contribution in [0.5, 0.6) is 0 Å². The first-order valence-electron chi connectivity index (χ1n) is 12.3. The van der Waals surface area contributed by atoms with E-state index >= 15 is 0 Å². The van der Waals surface area contributed by atoms with Crippen molar-refractivity contribution in [3.8, 4) is 0 Å². The lowest BCUT2D eigenvalue weighted by Gasteiger charge is -2.18. The molecular formula is C26H30F3N3O6S. The molecule has 2 fully saturated rings. The minimum Gasteiger partial charge on any atom is -0.475 e. The van der Waals surface area contributed by atoms with Gasteiger partial charge in [-0.05, 0) is 68.0 Å². The first-order valence-corrected chi connectivity index (χ1v) is 13.8. The van der Waals surface area contributed by atoms with Crippen LogP contribution in [-0.4, -0.2) is 62.0 Å². The van der Waals surface area contributed by atoms with E-state index < -0.39 is 27.6 Å². The lowest BCUT2D eigenvalue weighted by molar-refractivity contribution is -0.192. The number of likely N-dealkylation sites (tertiary alicyclic amines) is 1. The molecule has 2 aromatic rings. The van der Waals surface area contributed by atoms with Crippen molar-refractivity contribution in [3.63, 3.8) is 0 Å². The number of carboxylic acid groups (broad SMARTS) is 1. The maximum Gasteiger partial charge on any atom is 0.490 e. The standard InChI is InChI=1S/C24H29N3O4S.C2HF3O2/c1-18-5-2-6-21(17-18)32(30,31)26-20-10-8-19(9-11-20)24(12-13-24)23(29)25-14-4-16-27-15-3-7-22(27)28;3-2(4,5)1(6)7/h2,5-6,8-11,17,26H,3-4,7,12-16H2,1H3,(H,25,29);(H,6,7). The zero-order chi connectivity index (χ0) is 28.8. The number of hydrogen-bond acceptors (Lipinski definition) is 5. The molecule has 1 saturated carbocycles. The third kappa shape index (κ3) is 7.94. The number of amides is 2. The third-order valence-electron chi connectivity index (χ3n) is 6.48. The number of nitrogens with zero attached hydrogens (tertiary/aromatic N) is 1. The highest BCUT2D eigenvalue weighted by molar-refractivity contribution is 7.92. The molecule has 0 radical (unpaired) electrons. The molecule has 0 bridgehead atoms. The number of carbonyl (C=O) groups is 3. The van der Waals surface area contributed by atoms with Gasteiger partial charge in [-0.15, -0.1) is 0 Å². The van der Waals surface area contributed by atoms with Gasteiger partial charge in [-0.25, -0.2) is 13.2 Å². The molecular weight excluding hydrogens is 539 g/mol. The van der Waals surface area contributed by atoms with E-state index in [1.54, 1.807) is 30.3 Å². The van der Waals surface area contributed by atoms with Crippen LogP contribution in [0.3, 0.4) is 0 Å². The molecule has 2 aliphatic rings. The number of hydrogen-bond donors (Lipinski definition) is 3. The fourth-order valence-corrected chi connectivity index (χ4v) is 5.37. The molecule has 13 heteroatoms. The van der Waals surface area contributed by atoms with Crippen molar-refractivity contribution < 1.29 is 41.1 Å². The minimum absolute atomic E-state index is 0.00154. The monoisotopic (exact) mass is 569 g/mol. The SMILES string of the molecule is Cc1cccc(S(=O)(=O)Nc2ccc(C3(C(=O)NCCCN4CCCC4=O)CC3)cc2)c1.O=C(O)C(F)(F)F. The topological polar surface area (TPSA) is 133 Å². The molecule has 4 rings (SSSR count). The van der Waals surface area contributed by atoms with Gasteiger partial charge in [0.15, 0.2) is 0 Å². The number of alkyl halides is 3. The predicted molar refractivity (Wildman–Crippen MR) is 136 cm³/mol. The normalized spacial score (nSPS) is 16.2. The molecule has 1 saturated heterocycles. The van der Waals surface area contributed by atoms with E-state index in [0.29, 0.717) is 25.2 Å². The van der Waals surface area contributed by atoms with Gasteiger partial charge in [0.05, 0.1) is 10.3 Å². The van der Waals surface area contributed by atoms with Gasteiger partial charge < -0.3 is 15.3 Å². The van der Waals surface area contributed by atoms with Crippen LogP contribution in [0, 0.1) is 6.92 Å². The number of sulfonamides is 1. The lowest BCUT2D eigenvalue weighted by atomic mass is 9.95. The van der Waals surface area contributed by atoms with E-state index in [4.69, 9.17) is 9.90 Å². The van der Waals surface area contributed by atoms with E-state index in [0.717, 1.165) is 43.4 Å². The summed E-state index contributed by atoms with van der Waals surface area (Å²) in [6.45, 7) is 3.89. The highest BCUT2D eigenvalue weighted by atomic mass is 32.2. The summed E-state index contributed by atoms with van der Waals surface area (Å²) in [5.41, 5.74) is 1.69. The van der Waals surface area contributed by atoms with Crippen molar-refractivity contribution in [2.75, 3.05) is 24.4 Å². The van der Waals surface area contributed by atoms with Crippen LogP contribution in [0.4, 0.5) is 18.9 Å². The van der Waals surface area contributed by atoms with Gasteiger partial charge in [0.25, 0.3) is 10.0 Å². The van der Waals surface area contributed by atoms with Crippen LogP contribution >= 0.6 is 0 Å². The summed E-state index contributed by atoms with van der Waals surface area (Å²) >= 11 is 0. The summed E-state index contributed by atoms with van der Waals surface area (Å²) in [6, 6.07) is 13.8. The summed E-state index contributed by atoms with van der Waals surface area (Å²) in [7, 11) is -3.67.